The molecule has 0 spiro atoms. The Labute approximate surface area is 93.7 Å². The number of imidazole rings is 1. The standard InChI is InChI=1S/C12H15N3O/c13-12-14-8-4-1-2-5-9(8)15(12)10-6-3-7-11(10)16/h1-2,4-5,10-11,16H,3,6-7H2,(H2,13,14)/t10?,11-/m1/s1. The van der Waals surface area contributed by atoms with Crippen molar-refractivity contribution in [2.75, 3.05) is 5.73 Å². The molecule has 0 radical (unpaired) electrons. The van der Waals surface area contributed by atoms with E-state index in [0.717, 1.165) is 30.3 Å². The van der Waals surface area contributed by atoms with Gasteiger partial charge >= 0.3 is 0 Å². The molecule has 2 aromatic rings. The lowest BCUT2D eigenvalue weighted by atomic mass is 10.2. The number of aliphatic hydroxyl groups is 1. The zero-order valence-corrected chi connectivity index (χ0v) is 9.00. The van der Waals surface area contributed by atoms with E-state index in [0.29, 0.717) is 5.95 Å². The van der Waals surface area contributed by atoms with Crippen LogP contribution in [-0.4, -0.2) is 20.8 Å². The van der Waals surface area contributed by atoms with Crippen molar-refractivity contribution in [3.63, 3.8) is 0 Å². The van der Waals surface area contributed by atoms with Crippen LogP contribution in [0.25, 0.3) is 11.0 Å². The zero-order chi connectivity index (χ0) is 11.1. The van der Waals surface area contributed by atoms with Crippen LogP contribution in [-0.2, 0) is 0 Å². The highest BCUT2D eigenvalue weighted by Crippen LogP contribution is 2.34. The van der Waals surface area contributed by atoms with Crippen LogP contribution in [0.5, 0.6) is 0 Å². The van der Waals surface area contributed by atoms with Crippen LogP contribution in [0.2, 0.25) is 0 Å². The quantitative estimate of drug-likeness (QED) is 0.764. The lowest BCUT2D eigenvalue weighted by Crippen LogP contribution is -2.19. The topological polar surface area (TPSA) is 64.1 Å². The van der Waals surface area contributed by atoms with Gasteiger partial charge in [0.05, 0.1) is 23.2 Å². The largest absolute Gasteiger partial charge is 0.391 e. The molecular weight excluding hydrogens is 202 g/mol. The van der Waals surface area contributed by atoms with Gasteiger partial charge in [-0.2, -0.15) is 0 Å². The number of nitrogens with zero attached hydrogens (tertiary/aromatic N) is 2. The number of para-hydroxylation sites is 2. The van der Waals surface area contributed by atoms with Gasteiger partial charge in [0.2, 0.25) is 5.95 Å². The Kier molecular flexibility index (Phi) is 2.11. The van der Waals surface area contributed by atoms with Crippen molar-refractivity contribution < 1.29 is 5.11 Å². The molecule has 3 N–H and O–H groups in total. The molecular formula is C12H15N3O. The number of benzene rings is 1. The first-order chi connectivity index (χ1) is 7.77. The van der Waals surface area contributed by atoms with E-state index >= 15 is 0 Å². The first kappa shape index (κ1) is 9.66. The van der Waals surface area contributed by atoms with E-state index in [-0.39, 0.29) is 12.1 Å². The molecule has 0 amide bonds. The molecule has 1 aliphatic rings. The molecule has 2 atom stereocenters. The molecule has 16 heavy (non-hydrogen) atoms. The third-order valence-electron chi connectivity index (χ3n) is 3.40. The summed E-state index contributed by atoms with van der Waals surface area (Å²) >= 11 is 0. The Morgan fingerprint density at radius 1 is 1.31 bits per heavy atom. The Bertz CT molecular complexity index is 520. The van der Waals surface area contributed by atoms with E-state index < -0.39 is 0 Å². The number of anilines is 1. The van der Waals surface area contributed by atoms with Crippen molar-refractivity contribution in [2.24, 2.45) is 0 Å². The van der Waals surface area contributed by atoms with Gasteiger partial charge in [0.15, 0.2) is 0 Å². The SMILES string of the molecule is Nc1nc2ccccc2n1C1CCC[C@H]1O. The fraction of sp³-hybridized carbons (Fsp3) is 0.417. The summed E-state index contributed by atoms with van der Waals surface area (Å²) in [6.45, 7) is 0. The monoisotopic (exact) mass is 217 g/mol. The van der Waals surface area contributed by atoms with Crippen molar-refractivity contribution in [3.05, 3.63) is 24.3 Å². The van der Waals surface area contributed by atoms with Crippen LogP contribution in [0.3, 0.4) is 0 Å². The maximum atomic E-state index is 9.94. The molecule has 1 aromatic heterocycles. The Balaban J connectivity index is 2.18. The summed E-state index contributed by atoms with van der Waals surface area (Å²) in [4.78, 5) is 4.32. The molecule has 1 aromatic carbocycles. The van der Waals surface area contributed by atoms with Crippen molar-refractivity contribution in [2.45, 2.75) is 31.4 Å². The summed E-state index contributed by atoms with van der Waals surface area (Å²) in [5.74, 6) is 0.507. The van der Waals surface area contributed by atoms with Crippen LogP contribution in [0.1, 0.15) is 25.3 Å². The number of aliphatic hydroxyl groups excluding tert-OH is 1. The van der Waals surface area contributed by atoms with Gasteiger partial charge in [-0.25, -0.2) is 4.98 Å². The molecule has 4 heteroatoms. The minimum Gasteiger partial charge on any atom is -0.391 e. The highest BCUT2D eigenvalue weighted by molar-refractivity contribution is 5.78. The van der Waals surface area contributed by atoms with Gasteiger partial charge in [-0.05, 0) is 31.4 Å². The minimum atomic E-state index is -0.292. The van der Waals surface area contributed by atoms with Gasteiger partial charge in [-0.3, -0.25) is 0 Å². The van der Waals surface area contributed by atoms with E-state index in [4.69, 9.17) is 5.73 Å². The molecule has 1 unspecified atom stereocenters. The van der Waals surface area contributed by atoms with Gasteiger partial charge < -0.3 is 15.4 Å². The molecule has 4 nitrogen and oxygen atoms in total. The van der Waals surface area contributed by atoms with Gasteiger partial charge in [0.1, 0.15) is 0 Å². The number of hydrogen-bond acceptors (Lipinski definition) is 3. The second-order valence-corrected chi connectivity index (χ2v) is 4.39. The van der Waals surface area contributed by atoms with Crippen LogP contribution >= 0.6 is 0 Å². The summed E-state index contributed by atoms with van der Waals surface area (Å²) in [5.41, 5.74) is 7.86. The molecule has 0 bridgehead atoms. The summed E-state index contributed by atoms with van der Waals surface area (Å²) in [6.07, 6.45) is 2.60. The maximum Gasteiger partial charge on any atom is 0.201 e. The van der Waals surface area contributed by atoms with Crippen molar-refractivity contribution in [1.82, 2.24) is 9.55 Å². The molecule has 1 saturated carbocycles. The van der Waals surface area contributed by atoms with Crippen molar-refractivity contribution in [1.29, 1.82) is 0 Å². The van der Waals surface area contributed by atoms with E-state index in [1.165, 1.54) is 0 Å². The molecule has 1 fully saturated rings. The molecule has 3 rings (SSSR count). The smallest absolute Gasteiger partial charge is 0.201 e. The second-order valence-electron chi connectivity index (χ2n) is 4.39. The van der Waals surface area contributed by atoms with Gasteiger partial charge in [0.25, 0.3) is 0 Å². The lowest BCUT2D eigenvalue weighted by molar-refractivity contribution is 0.139. The van der Waals surface area contributed by atoms with Crippen molar-refractivity contribution in [3.8, 4) is 0 Å². The summed E-state index contributed by atoms with van der Waals surface area (Å²) in [6, 6.07) is 7.96. The first-order valence-corrected chi connectivity index (χ1v) is 5.68. The zero-order valence-electron chi connectivity index (χ0n) is 9.00. The molecule has 1 heterocycles. The highest BCUT2D eigenvalue weighted by Gasteiger charge is 2.29. The number of nitrogen functional groups attached to an aromatic ring is 1. The van der Waals surface area contributed by atoms with Gasteiger partial charge in [0, 0.05) is 0 Å². The van der Waals surface area contributed by atoms with Crippen LogP contribution < -0.4 is 5.73 Å². The Hall–Kier alpha value is -1.55. The summed E-state index contributed by atoms with van der Waals surface area (Å²) in [7, 11) is 0. The number of aromatic nitrogens is 2. The average Bonchev–Trinajstić information content (AvgIpc) is 2.81. The van der Waals surface area contributed by atoms with E-state index in [2.05, 4.69) is 4.98 Å². The number of rotatable bonds is 1. The first-order valence-electron chi connectivity index (χ1n) is 5.68. The fourth-order valence-corrected chi connectivity index (χ4v) is 2.63. The Morgan fingerprint density at radius 3 is 2.88 bits per heavy atom. The van der Waals surface area contributed by atoms with Crippen LogP contribution in [0.4, 0.5) is 5.95 Å². The number of fused-ring (bicyclic) bond motifs is 1. The van der Waals surface area contributed by atoms with E-state index in [1.54, 1.807) is 0 Å². The van der Waals surface area contributed by atoms with E-state index in [1.807, 2.05) is 28.8 Å². The van der Waals surface area contributed by atoms with E-state index in [9.17, 15) is 5.11 Å². The third kappa shape index (κ3) is 1.30. The Morgan fingerprint density at radius 2 is 2.12 bits per heavy atom. The maximum absolute atomic E-state index is 9.94. The number of hydrogen-bond donors (Lipinski definition) is 2. The molecule has 0 aliphatic heterocycles. The predicted molar refractivity (Wildman–Crippen MR) is 63.0 cm³/mol. The van der Waals surface area contributed by atoms with Crippen LogP contribution in [0.15, 0.2) is 24.3 Å². The summed E-state index contributed by atoms with van der Waals surface area (Å²) in [5, 5.41) is 9.94. The second kappa shape index (κ2) is 3.49. The molecule has 0 saturated heterocycles. The van der Waals surface area contributed by atoms with Crippen molar-refractivity contribution >= 4 is 17.0 Å². The predicted octanol–water partition coefficient (Wildman–Crippen LogP) is 1.70. The lowest BCUT2D eigenvalue weighted by Gasteiger charge is -2.18. The average molecular weight is 217 g/mol. The van der Waals surface area contributed by atoms with Crippen LogP contribution in [0, 0.1) is 0 Å². The van der Waals surface area contributed by atoms with Gasteiger partial charge in [-0.15, -0.1) is 0 Å². The fourth-order valence-electron chi connectivity index (χ4n) is 2.63. The summed E-state index contributed by atoms with van der Waals surface area (Å²) < 4.78 is 1.98. The highest BCUT2D eigenvalue weighted by atomic mass is 16.3. The number of nitrogens with two attached hydrogens (primary N) is 1. The minimum absolute atomic E-state index is 0.0902. The third-order valence-corrected chi connectivity index (χ3v) is 3.40. The molecule has 84 valence electrons. The normalized spacial score (nSPS) is 25.3. The molecule has 1 aliphatic carbocycles. The van der Waals surface area contributed by atoms with Gasteiger partial charge in [-0.1, -0.05) is 12.1 Å².